The Hall–Kier alpha value is -0.380. The average molecular weight is 253 g/mol. The minimum atomic E-state index is 0.521. The summed E-state index contributed by atoms with van der Waals surface area (Å²) in [6.07, 6.45) is 3.64. The van der Waals surface area contributed by atoms with Crippen molar-refractivity contribution in [3.63, 3.8) is 0 Å². The van der Waals surface area contributed by atoms with Crippen molar-refractivity contribution in [1.82, 2.24) is 5.32 Å². The minimum absolute atomic E-state index is 0.521. The van der Waals surface area contributed by atoms with Crippen LogP contribution in [0.5, 0.6) is 0 Å². The Morgan fingerprint density at radius 3 is 3.06 bits per heavy atom. The lowest BCUT2D eigenvalue weighted by atomic mass is 9.94. The smallest absolute Gasteiger partial charge is 0.0495 e. The third-order valence-electron chi connectivity index (χ3n) is 3.51. The van der Waals surface area contributed by atoms with Crippen molar-refractivity contribution >= 4 is 11.3 Å². The van der Waals surface area contributed by atoms with Crippen LogP contribution in [0.4, 0.5) is 0 Å². The zero-order valence-corrected chi connectivity index (χ0v) is 11.7. The summed E-state index contributed by atoms with van der Waals surface area (Å²) >= 11 is 1.85. The van der Waals surface area contributed by atoms with Crippen LogP contribution in [0, 0.1) is 12.8 Å². The number of nitrogens with one attached hydrogen (secondary N) is 1. The van der Waals surface area contributed by atoms with Crippen LogP contribution in [0.2, 0.25) is 0 Å². The van der Waals surface area contributed by atoms with E-state index in [-0.39, 0.29) is 0 Å². The molecule has 3 heteroatoms. The van der Waals surface area contributed by atoms with Gasteiger partial charge in [-0.3, -0.25) is 0 Å². The second-order valence-corrected chi connectivity index (χ2v) is 6.02. The first-order valence-electron chi connectivity index (χ1n) is 6.66. The van der Waals surface area contributed by atoms with Gasteiger partial charge in [0.25, 0.3) is 0 Å². The van der Waals surface area contributed by atoms with Gasteiger partial charge in [-0.2, -0.15) is 0 Å². The van der Waals surface area contributed by atoms with E-state index in [1.807, 2.05) is 11.3 Å². The van der Waals surface area contributed by atoms with E-state index < -0.39 is 0 Å². The molecule has 2 heterocycles. The lowest BCUT2D eigenvalue weighted by molar-refractivity contribution is 0.181. The largest absolute Gasteiger partial charge is 0.381 e. The summed E-state index contributed by atoms with van der Waals surface area (Å²) in [6.45, 7) is 7.46. The Morgan fingerprint density at radius 1 is 1.59 bits per heavy atom. The third-order valence-corrected chi connectivity index (χ3v) is 4.37. The molecule has 2 unspecified atom stereocenters. The zero-order valence-electron chi connectivity index (χ0n) is 10.9. The quantitative estimate of drug-likeness (QED) is 0.837. The highest BCUT2D eigenvalue weighted by molar-refractivity contribution is 7.10. The fourth-order valence-corrected chi connectivity index (χ4v) is 3.26. The van der Waals surface area contributed by atoms with E-state index >= 15 is 0 Å². The van der Waals surface area contributed by atoms with Gasteiger partial charge in [0.2, 0.25) is 0 Å². The second kappa shape index (κ2) is 6.53. The molecule has 1 fully saturated rings. The normalized spacial score (nSPS) is 21.9. The first kappa shape index (κ1) is 13.1. The molecule has 1 aliphatic rings. The van der Waals surface area contributed by atoms with Crippen molar-refractivity contribution in [1.29, 1.82) is 0 Å². The highest BCUT2D eigenvalue weighted by Crippen LogP contribution is 2.30. The predicted molar refractivity (Wildman–Crippen MR) is 73.6 cm³/mol. The molecule has 96 valence electrons. The summed E-state index contributed by atoms with van der Waals surface area (Å²) in [5.41, 5.74) is 1.50. The van der Waals surface area contributed by atoms with Crippen molar-refractivity contribution in [3.8, 4) is 0 Å². The SMILES string of the molecule is CCCNC(CC1CCOC1)c1ccsc1C. The van der Waals surface area contributed by atoms with Gasteiger partial charge in [0.05, 0.1) is 0 Å². The number of thiophene rings is 1. The summed E-state index contributed by atoms with van der Waals surface area (Å²) in [5.74, 6) is 0.739. The van der Waals surface area contributed by atoms with Crippen LogP contribution >= 0.6 is 11.3 Å². The average Bonchev–Trinajstić information content (AvgIpc) is 2.95. The Bertz CT molecular complexity index is 331. The maximum atomic E-state index is 5.48. The molecule has 0 radical (unpaired) electrons. The highest BCUT2D eigenvalue weighted by atomic mass is 32.1. The molecule has 2 atom stereocenters. The van der Waals surface area contributed by atoms with E-state index in [2.05, 4.69) is 30.6 Å². The molecular weight excluding hydrogens is 230 g/mol. The van der Waals surface area contributed by atoms with E-state index in [0.29, 0.717) is 6.04 Å². The van der Waals surface area contributed by atoms with Crippen molar-refractivity contribution in [2.45, 2.75) is 39.2 Å². The molecule has 1 aromatic rings. The summed E-state index contributed by atoms with van der Waals surface area (Å²) < 4.78 is 5.48. The lowest BCUT2D eigenvalue weighted by Gasteiger charge is -2.21. The molecule has 0 saturated carbocycles. The standard InChI is InChI=1S/C14H23NOS/c1-3-6-15-14(9-12-4-7-16-10-12)13-5-8-17-11(13)2/h5,8,12,14-15H,3-4,6-7,9-10H2,1-2H3. The molecule has 0 aromatic carbocycles. The molecule has 0 spiro atoms. The topological polar surface area (TPSA) is 21.3 Å². The highest BCUT2D eigenvalue weighted by Gasteiger charge is 2.22. The van der Waals surface area contributed by atoms with Gasteiger partial charge in [-0.15, -0.1) is 11.3 Å². The molecule has 1 N–H and O–H groups in total. The van der Waals surface area contributed by atoms with Crippen LogP contribution in [-0.2, 0) is 4.74 Å². The van der Waals surface area contributed by atoms with Gasteiger partial charge in [-0.05, 0) is 55.7 Å². The minimum Gasteiger partial charge on any atom is -0.381 e. The van der Waals surface area contributed by atoms with Gasteiger partial charge in [0.1, 0.15) is 0 Å². The zero-order chi connectivity index (χ0) is 12.1. The van der Waals surface area contributed by atoms with Crippen LogP contribution < -0.4 is 5.32 Å². The third kappa shape index (κ3) is 3.54. The van der Waals surface area contributed by atoms with Crippen LogP contribution in [0.3, 0.4) is 0 Å². The van der Waals surface area contributed by atoms with Crippen LogP contribution in [0.25, 0.3) is 0 Å². The maximum absolute atomic E-state index is 5.48. The molecule has 0 bridgehead atoms. The van der Waals surface area contributed by atoms with Gasteiger partial charge < -0.3 is 10.1 Å². The van der Waals surface area contributed by atoms with Crippen molar-refractivity contribution in [2.75, 3.05) is 19.8 Å². The van der Waals surface area contributed by atoms with Crippen molar-refractivity contribution in [2.24, 2.45) is 5.92 Å². The van der Waals surface area contributed by atoms with E-state index in [1.165, 1.54) is 29.7 Å². The van der Waals surface area contributed by atoms with E-state index in [4.69, 9.17) is 4.74 Å². The van der Waals surface area contributed by atoms with Gasteiger partial charge in [0.15, 0.2) is 0 Å². The molecule has 17 heavy (non-hydrogen) atoms. The first-order valence-corrected chi connectivity index (χ1v) is 7.54. The first-order chi connectivity index (χ1) is 8.31. The number of aryl methyl sites for hydroxylation is 1. The van der Waals surface area contributed by atoms with Crippen LogP contribution in [-0.4, -0.2) is 19.8 Å². The molecule has 0 aliphatic carbocycles. The summed E-state index contributed by atoms with van der Waals surface area (Å²) in [6, 6.07) is 2.80. The maximum Gasteiger partial charge on any atom is 0.0495 e. The fourth-order valence-electron chi connectivity index (χ4n) is 2.50. The molecule has 2 rings (SSSR count). The number of hydrogen-bond donors (Lipinski definition) is 1. The summed E-state index contributed by atoms with van der Waals surface area (Å²) in [5, 5.41) is 5.90. The number of hydrogen-bond acceptors (Lipinski definition) is 3. The van der Waals surface area contributed by atoms with Gasteiger partial charge in [0, 0.05) is 24.1 Å². The van der Waals surface area contributed by atoms with Crippen molar-refractivity contribution in [3.05, 3.63) is 21.9 Å². The van der Waals surface area contributed by atoms with Crippen LogP contribution in [0.1, 0.15) is 42.7 Å². The Labute approximate surface area is 108 Å². The Balaban J connectivity index is 1.99. The Kier molecular flexibility index (Phi) is 5.01. The van der Waals surface area contributed by atoms with Crippen molar-refractivity contribution < 1.29 is 4.74 Å². The number of rotatable bonds is 6. The molecule has 2 nitrogen and oxygen atoms in total. The fraction of sp³-hybridized carbons (Fsp3) is 0.714. The second-order valence-electron chi connectivity index (χ2n) is 4.90. The molecule has 1 saturated heterocycles. The lowest BCUT2D eigenvalue weighted by Crippen LogP contribution is -2.24. The summed E-state index contributed by atoms with van der Waals surface area (Å²) in [4.78, 5) is 1.46. The number of ether oxygens (including phenoxy) is 1. The molecule has 1 aliphatic heterocycles. The van der Waals surface area contributed by atoms with Gasteiger partial charge in [-0.1, -0.05) is 6.92 Å². The van der Waals surface area contributed by atoms with E-state index in [9.17, 15) is 0 Å². The molecule has 0 amide bonds. The van der Waals surface area contributed by atoms with E-state index in [0.717, 1.165) is 25.7 Å². The molecule has 1 aromatic heterocycles. The predicted octanol–water partition coefficient (Wildman–Crippen LogP) is 3.52. The van der Waals surface area contributed by atoms with Gasteiger partial charge >= 0.3 is 0 Å². The Morgan fingerprint density at radius 2 is 2.47 bits per heavy atom. The van der Waals surface area contributed by atoms with Gasteiger partial charge in [-0.25, -0.2) is 0 Å². The monoisotopic (exact) mass is 253 g/mol. The summed E-state index contributed by atoms with van der Waals surface area (Å²) in [7, 11) is 0. The van der Waals surface area contributed by atoms with E-state index in [1.54, 1.807) is 0 Å². The molecular formula is C14H23NOS. The van der Waals surface area contributed by atoms with Crippen LogP contribution in [0.15, 0.2) is 11.4 Å².